The second kappa shape index (κ2) is 12.1. The Morgan fingerprint density at radius 1 is 1.03 bits per heavy atom. The van der Waals surface area contributed by atoms with Crippen molar-refractivity contribution in [3.63, 3.8) is 0 Å². The molecule has 0 spiro atoms. The minimum absolute atomic E-state index is 0.0998. The summed E-state index contributed by atoms with van der Waals surface area (Å²) in [5.74, 6) is -0.335. The van der Waals surface area contributed by atoms with Gasteiger partial charge in [-0.25, -0.2) is 0 Å². The average Bonchev–Trinajstić information content (AvgIpc) is 3.13. The maximum atomic E-state index is 13.4. The van der Waals surface area contributed by atoms with Crippen molar-refractivity contribution in [1.29, 1.82) is 0 Å². The smallest absolute Gasteiger partial charge is 0.295 e. The van der Waals surface area contributed by atoms with E-state index in [4.69, 9.17) is 9.47 Å². The van der Waals surface area contributed by atoms with Crippen molar-refractivity contribution >= 4 is 17.4 Å². The van der Waals surface area contributed by atoms with Gasteiger partial charge in [0.1, 0.15) is 5.76 Å². The number of amides is 1. The van der Waals surface area contributed by atoms with Gasteiger partial charge in [-0.15, -0.1) is 0 Å². The van der Waals surface area contributed by atoms with E-state index in [1.54, 1.807) is 24.1 Å². The molecule has 1 atom stereocenters. The van der Waals surface area contributed by atoms with Crippen molar-refractivity contribution in [2.45, 2.75) is 47.1 Å². The SMILES string of the molecule is CCOc1ccc(C2/C(=C(\O)c3cc(C)ccc3C)C(=O)C(=O)N2CCCN(CC)CC)cc1OC. The number of hydrogen-bond acceptors (Lipinski definition) is 6. The van der Waals surface area contributed by atoms with E-state index < -0.39 is 17.7 Å². The van der Waals surface area contributed by atoms with Gasteiger partial charge < -0.3 is 24.4 Å². The number of nitrogens with zero attached hydrogens (tertiary/aromatic N) is 2. The summed E-state index contributed by atoms with van der Waals surface area (Å²) in [5.41, 5.74) is 3.12. The highest BCUT2D eigenvalue weighted by atomic mass is 16.5. The number of aryl methyl sites for hydroxylation is 2. The van der Waals surface area contributed by atoms with E-state index in [9.17, 15) is 14.7 Å². The highest BCUT2D eigenvalue weighted by molar-refractivity contribution is 6.46. The van der Waals surface area contributed by atoms with Crippen LogP contribution in [-0.4, -0.2) is 66.5 Å². The van der Waals surface area contributed by atoms with Crippen LogP contribution in [0.3, 0.4) is 0 Å². The topological polar surface area (TPSA) is 79.3 Å². The van der Waals surface area contributed by atoms with Crippen LogP contribution in [-0.2, 0) is 9.59 Å². The molecule has 1 N–H and O–H groups in total. The van der Waals surface area contributed by atoms with Crippen LogP contribution in [0.4, 0.5) is 0 Å². The number of Topliss-reactive ketones (excluding diaryl/α,β-unsaturated/α-hetero) is 1. The summed E-state index contributed by atoms with van der Waals surface area (Å²) in [4.78, 5) is 30.5. The molecule has 0 aliphatic carbocycles. The lowest BCUT2D eigenvalue weighted by Crippen LogP contribution is -2.33. The van der Waals surface area contributed by atoms with Gasteiger partial charge in [-0.05, 0) is 76.2 Å². The first kappa shape index (κ1) is 27.3. The van der Waals surface area contributed by atoms with Gasteiger partial charge in [0.15, 0.2) is 11.5 Å². The van der Waals surface area contributed by atoms with Crippen LogP contribution in [0.1, 0.15) is 55.5 Å². The summed E-state index contributed by atoms with van der Waals surface area (Å²) in [7, 11) is 1.55. The van der Waals surface area contributed by atoms with Gasteiger partial charge in [0.05, 0.1) is 25.3 Å². The molecule has 1 saturated heterocycles. The lowest BCUT2D eigenvalue weighted by atomic mass is 9.93. The molecule has 194 valence electrons. The fourth-order valence-electron chi connectivity index (χ4n) is 4.73. The lowest BCUT2D eigenvalue weighted by molar-refractivity contribution is -0.140. The third-order valence-corrected chi connectivity index (χ3v) is 6.76. The van der Waals surface area contributed by atoms with E-state index in [1.165, 1.54) is 0 Å². The normalized spacial score (nSPS) is 17.2. The molecule has 1 unspecified atom stereocenters. The Morgan fingerprint density at radius 3 is 2.39 bits per heavy atom. The van der Waals surface area contributed by atoms with Crippen LogP contribution in [0, 0.1) is 13.8 Å². The molecule has 2 aromatic rings. The van der Waals surface area contributed by atoms with Gasteiger partial charge in [-0.2, -0.15) is 0 Å². The largest absolute Gasteiger partial charge is 0.507 e. The lowest BCUT2D eigenvalue weighted by Gasteiger charge is -2.27. The molecule has 1 amide bonds. The number of benzene rings is 2. The predicted octanol–water partition coefficient (Wildman–Crippen LogP) is 4.86. The van der Waals surface area contributed by atoms with E-state index in [0.29, 0.717) is 42.2 Å². The zero-order chi connectivity index (χ0) is 26.4. The van der Waals surface area contributed by atoms with Gasteiger partial charge in [0.2, 0.25) is 0 Å². The zero-order valence-corrected chi connectivity index (χ0v) is 22.3. The van der Waals surface area contributed by atoms with Crippen LogP contribution >= 0.6 is 0 Å². The van der Waals surface area contributed by atoms with Crippen LogP contribution < -0.4 is 9.47 Å². The summed E-state index contributed by atoms with van der Waals surface area (Å²) in [6, 6.07) is 10.4. The highest BCUT2D eigenvalue weighted by Gasteiger charge is 2.46. The van der Waals surface area contributed by atoms with Gasteiger partial charge in [0.25, 0.3) is 11.7 Å². The van der Waals surface area contributed by atoms with E-state index in [0.717, 1.165) is 30.8 Å². The molecular formula is C29H38N2O5. The van der Waals surface area contributed by atoms with Gasteiger partial charge in [-0.3, -0.25) is 9.59 Å². The van der Waals surface area contributed by atoms with Crippen LogP contribution in [0.15, 0.2) is 42.0 Å². The number of carbonyl (C=O) groups is 2. The summed E-state index contributed by atoms with van der Waals surface area (Å²) in [5, 5.41) is 11.4. The molecule has 0 radical (unpaired) electrons. The number of rotatable bonds is 11. The number of likely N-dealkylation sites (tertiary alicyclic amines) is 1. The number of aliphatic hydroxyl groups excluding tert-OH is 1. The number of hydrogen-bond donors (Lipinski definition) is 1. The molecule has 1 aliphatic heterocycles. The van der Waals surface area contributed by atoms with Crippen LogP contribution in [0.2, 0.25) is 0 Å². The summed E-state index contributed by atoms with van der Waals surface area (Å²) < 4.78 is 11.2. The first-order valence-corrected chi connectivity index (χ1v) is 12.7. The average molecular weight is 495 g/mol. The quantitative estimate of drug-likeness (QED) is 0.273. The molecule has 2 aromatic carbocycles. The Kier molecular flexibility index (Phi) is 9.15. The van der Waals surface area contributed by atoms with Crippen molar-refractivity contribution in [2.24, 2.45) is 0 Å². The fraction of sp³-hybridized carbons (Fsp3) is 0.448. The van der Waals surface area contributed by atoms with Gasteiger partial charge in [-0.1, -0.05) is 37.6 Å². The third kappa shape index (κ3) is 5.57. The maximum Gasteiger partial charge on any atom is 0.295 e. The molecule has 1 aliphatic rings. The molecule has 36 heavy (non-hydrogen) atoms. The third-order valence-electron chi connectivity index (χ3n) is 6.76. The maximum absolute atomic E-state index is 13.4. The summed E-state index contributed by atoms with van der Waals surface area (Å²) in [6.07, 6.45) is 0.711. The Labute approximate surface area is 214 Å². The molecule has 0 aromatic heterocycles. The van der Waals surface area contributed by atoms with Crippen LogP contribution in [0.5, 0.6) is 11.5 Å². The van der Waals surface area contributed by atoms with Crippen molar-refractivity contribution < 1.29 is 24.2 Å². The fourth-order valence-corrected chi connectivity index (χ4v) is 4.73. The molecule has 1 heterocycles. The number of ketones is 1. The Morgan fingerprint density at radius 2 is 1.75 bits per heavy atom. The van der Waals surface area contributed by atoms with Crippen molar-refractivity contribution in [3.8, 4) is 11.5 Å². The van der Waals surface area contributed by atoms with Crippen molar-refractivity contribution in [2.75, 3.05) is 39.9 Å². The Bertz CT molecular complexity index is 1140. The minimum Gasteiger partial charge on any atom is -0.507 e. The molecule has 7 heteroatoms. The monoisotopic (exact) mass is 494 g/mol. The second-order valence-electron chi connectivity index (χ2n) is 9.03. The Hall–Kier alpha value is -3.32. The van der Waals surface area contributed by atoms with Crippen molar-refractivity contribution in [1.82, 2.24) is 9.80 Å². The van der Waals surface area contributed by atoms with Crippen molar-refractivity contribution in [3.05, 3.63) is 64.2 Å². The number of ether oxygens (including phenoxy) is 2. The standard InChI is InChI=1S/C29H38N2O5/c1-7-30(8-2)15-10-16-31-26(21-13-14-23(36-9-3)24(18-21)35-6)25(28(33)29(31)34)27(32)22-17-19(4)11-12-20(22)5/h11-14,17-18,26,32H,7-10,15-16H2,1-6H3/b27-25+. The molecule has 0 bridgehead atoms. The highest BCUT2D eigenvalue weighted by Crippen LogP contribution is 2.42. The summed E-state index contributed by atoms with van der Waals surface area (Å²) in [6.45, 7) is 13.4. The zero-order valence-electron chi connectivity index (χ0n) is 22.3. The number of aliphatic hydroxyl groups is 1. The summed E-state index contributed by atoms with van der Waals surface area (Å²) >= 11 is 0. The number of carbonyl (C=O) groups excluding carboxylic acids is 2. The predicted molar refractivity (Wildman–Crippen MR) is 141 cm³/mol. The first-order chi connectivity index (χ1) is 17.3. The molecule has 3 rings (SSSR count). The molecule has 7 nitrogen and oxygen atoms in total. The van der Waals surface area contributed by atoms with E-state index in [1.807, 2.05) is 45.0 Å². The minimum atomic E-state index is -0.730. The number of methoxy groups -OCH3 is 1. The molecule has 1 fully saturated rings. The van der Waals surface area contributed by atoms with Crippen LogP contribution in [0.25, 0.3) is 5.76 Å². The van der Waals surface area contributed by atoms with E-state index >= 15 is 0 Å². The second-order valence-corrected chi connectivity index (χ2v) is 9.03. The van der Waals surface area contributed by atoms with E-state index in [2.05, 4.69) is 18.7 Å². The first-order valence-electron chi connectivity index (χ1n) is 12.7. The van der Waals surface area contributed by atoms with E-state index in [-0.39, 0.29) is 11.3 Å². The van der Waals surface area contributed by atoms with Gasteiger partial charge in [0, 0.05) is 12.1 Å². The molecule has 0 saturated carbocycles. The molecular weight excluding hydrogens is 456 g/mol. The van der Waals surface area contributed by atoms with Gasteiger partial charge >= 0.3 is 0 Å². The Balaban J connectivity index is 2.13.